The molecule has 0 bridgehead atoms. The van der Waals surface area contributed by atoms with E-state index >= 15 is 0 Å². The van der Waals surface area contributed by atoms with Crippen LogP contribution in [0.3, 0.4) is 0 Å². The van der Waals surface area contributed by atoms with Gasteiger partial charge in [0.15, 0.2) is 5.75 Å². The van der Waals surface area contributed by atoms with Crippen LogP contribution in [0.2, 0.25) is 0 Å². The van der Waals surface area contributed by atoms with E-state index in [1.165, 1.54) is 6.07 Å². The fourth-order valence-corrected chi connectivity index (χ4v) is 3.89. The molecule has 35 heavy (non-hydrogen) atoms. The summed E-state index contributed by atoms with van der Waals surface area (Å²) in [7, 11) is -2.86. The summed E-state index contributed by atoms with van der Waals surface area (Å²) in [4.78, 5) is -0.423. The van der Waals surface area contributed by atoms with Crippen molar-refractivity contribution in [1.82, 2.24) is 0 Å². The van der Waals surface area contributed by atoms with Crippen molar-refractivity contribution in [3.8, 4) is 17.2 Å². The SMILES string of the molecule is CNc1cccc(N=Nc2c(Nc3cc(S(=O)(=O)O)ccc3O)ccc3cccc(O)c23)c1O.[Cu]. The number of nitrogens with one attached hydrogen (secondary N) is 2. The van der Waals surface area contributed by atoms with E-state index in [1.54, 1.807) is 49.5 Å². The minimum absolute atomic E-state index is 0. The summed E-state index contributed by atoms with van der Waals surface area (Å²) in [6.07, 6.45) is 0. The molecule has 0 heterocycles. The van der Waals surface area contributed by atoms with Gasteiger partial charge in [0.1, 0.15) is 22.9 Å². The molecular formula is C23H20CuN4O6S. The van der Waals surface area contributed by atoms with Crippen LogP contribution in [-0.2, 0) is 27.2 Å². The normalized spacial score (nSPS) is 11.4. The molecule has 0 spiro atoms. The van der Waals surface area contributed by atoms with E-state index in [2.05, 4.69) is 20.9 Å². The summed E-state index contributed by atoms with van der Waals surface area (Å²) in [5, 5.41) is 46.3. The zero-order valence-electron chi connectivity index (χ0n) is 18.1. The van der Waals surface area contributed by atoms with E-state index < -0.39 is 15.0 Å². The zero-order chi connectivity index (χ0) is 24.5. The van der Waals surface area contributed by atoms with Crippen molar-refractivity contribution >= 4 is 49.3 Å². The molecule has 0 aliphatic heterocycles. The van der Waals surface area contributed by atoms with Gasteiger partial charge in [0.05, 0.1) is 27.3 Å². The third-order valence-corrected chi connectivity index (χ3v) is 5.92. The first-order valence-corrected chi connectivity index (χ1v) is 11.4. The number of phenolic OH excluding ortho intramolecular Hbond substituents is 3. The average molecular weight is 544 g/mol. The topological polar surface area (TPSA) is 164 Å². The second kappa shape index (κ2) is 10.2. The van der Waals surface area contributed by atoms with Crippen molar-refractivity contribution in [1.29, 1.82) is 0 Å². The Morgan fingerprint density at radius 1 is 0.800 bits per heavy atom. The molecule has 12 heteroatoms. The van der Waals surface area contributed by atoms with Gasteiger partial charge in [-0.25, -0.2) is 0 Å². The van der Waals surface area contributed by atoms with Gasteiger partial charge in [-0.15, -0.1) is 10.2 Å². The Labute approximate surface area is 211 Å². The largest absolute Gasteiger partial charge is 0.507 e. The molecule has 0 aromatic heterocycles. The zero-order valence-corrected chi connectivity index (χ0v) is 19.8. The Morgan fingerprint density at radius 3 is 2.26 bits per heavy atom. The van der Waals surface area contributed by atoms with Crippen molar-refractivity contribution in [2.45, 2.75) is 4.90 Å². The number of benzene rings is 4. The van der Waals surface area contributed by atoms with E-state index in [0.29, 0.717) is 16.5 Å². The predicted octanol–water partition coefficient (Wildman–Crippen LogP) is 5.40. The van der Waals surface area contributed by atoms with Crippen molar-refractivity contribution in [3.63, 3.8) is 0 Å². The molecule has 0 saturated carbocycles. The molecule has 4 aromatic carbocycles. The monoisotopic (exact) mass is 543 g/mol. The molecule has 10 nitrogen and oxygen atoms in total. The van der Waals surface area contributed by atoms with Gasteiger partial charge in [-0.05, 0) is 47.9 Å². The predicted molar refractivity (Wildman–Crippen MR) is 129 cm³/mol. The first-order chi connectivity index (χ1) is 16.2. The first-order valence-electron chi connectivity index (χ1n) is 9.92. The van der Waals surface area contributed by atoms with E-state index in [4.69, 9.17) is 0 Å². The molecule has 0 atom stereocenters. The standard InChI is InChI=1S/C23H20N4O6S.Cu/c1-24-16-5-3-6-17(23(16)30)26-27-22-15(10-8-13-4-2-7-20(29)21(13)22)25-18-12-14(34(31,32)33)9-11-19(18)28;/h2-12,24-25,28-30H,1H3,(H,31,32,33);. The third-order valence-electron chi connectivity index (χ3n) is 5.07. The van der Waals surface area contributed by atoms with Crippen LogP contribution in [0.4, 0.5) is 28.4 Å². The number of para-hydroxylation sites is 1. The maximum absolute atomic E-state index is 11.5. The van der Waals surface area contributed by atoms with Crippen LogP contribution in [0, 0.1) is 0 Å². The smallest absolute Gasteiger partial charge is 0.294 e. The molecule has 0 fully saturated rings. The van der Waals surface area contributed by atoms with Crippen LogP contribution in [0.25, 0.3) is 10.8 Å². The average Bonchev–Trinajstić information content (AvgIpc) is 2.80. The number of hydrogen-bond donors (Lipinski definition) is 6. The summed E-state index contributed by atoms with van der Waals surface area (Å²) in [5.41, 5.74) is 1.02. The van der Waals surface area contributed by atoms with Gasteiger partial charge in [-0.1, -0.05) is 24.3 Å². The summed E-state index contributed by atoms with van der Waals surface area (Å²) < 4.78 is 32.4. The molecule has 4 aromatic rings. The van der Waals surface area contributed by atoms with Crippen LogP contribution >= 0.6 is 0 Å². The van der Waals surface area contributed by atoms with Crippen molar-refractivity contribution < 1.29 is 45.4 Å². The number of nitrogens with zero attached hydrogens (tertiary/aromatic N) is 2. The molecule has 0 unspecified atom stereocenters. The number of phenols is 3. The van der Waals surface area contributed by atoms with Gasteiger partial charge < -0.3 is 26.0 Å². The van der Waals surface area contributed by atoms with Gasteiger partial charge in [0.2, 0.25) is 0 Å². The molecular weight excluding hydrogens is 524 g/mol. The molecule has 0 aliphatic rings. The number of azo groups is 1. The second-order valence-corrected chi connectivity index (χ2v) is 8.66. The van der Waals surface area contributed by atoms with E-state index in [-0.39, 0.29) is 57.1 Å². The molecule has 4 rings (SSSR count). The van der Waals surface area contributed by atoms with E-state index in [9.17, 15) is 28.3 Å². The van der Waals surface area contributed by atoms with Gasteiger partial charge in [0.25, 0.3) is 10.1 Å². The van der Waals surface area contributed by atoms with Gasteiger partial charge in [0, 0.05) is 24.1 Å². The Balaban J connectivity index is 0.00000342. The number of fused-ring (bicyclic) bond motifs is 1. The van der Waals surface area contributed by atoms with Crippen molar-refractivity contribution in [3.05, 3.63) is 66.7 Å². The minimum Gasteiger partial charge on any atom is -0.507 e. The van der Waals surface area contributed by atoms with Crippen LogP contribution in [0.1, 0.15) is 0 Å². The Hall–Kier alpha value is -3.83. The summed E-state index contributed by atoms with van der Waals surface area (Å²) in [6, 6.07) is 16.3. The Bertz CT molecular complexity index is 1540. The Kier molecular flexibility index (Phi) is 7.51. The number of rotatable bonds is 6. The maximum Gasteiger partial charge on any atom is 0.294 e. The van der Waals surface area contributed by atoms with Crippen LogP contribution in [0.5, 0.6) is 17.2 Å². The third kappa shape index (κ3) is 5.31. The summed E-state index contributed by atoms with van der Waals surface area (Å²) in [5.74, 6) is -0.488. The van der Waals surface area contributed by atoms with E-state index in [1.807, 2.05) is 0 Å². The van der Waals surface area contributed by atoms with Gasteiger partial charge in [-0.2, -0.15) is 8.42 Å². The molecule has 6 N–H and O–H groups in total. The van der Waals surface area contributed by atoms with Gasteiger partial charge >= 0.3 is 0 Å². The van der Waals surface area contributed by atoms with Crippen molar-refractivity contribution in [2.24, 2.45) is 10.2 Å². The summed E-state index contributed by atoms with van der Waals surface area (Å²) >= 11 is 0. The quantitative estimate of drug-likeness (QED) is 0.0814. The molecule has 0 saturated heterocycles. The van der Waals surface area contributed by atoms with Gasteiger partial charge in [-0.3, -0.25) is 4.55 Å². The van der Waals surface area contributed by atoms with E-state index in [0.717, 1.165) is 18.2 Å². The molecule has 1 radical (unpaired) electrons. The van der Waals surface area contributed by atoms with Crippen LogP contribution in [0.15, 0.2) is 81.9 Å². The van der Waals surface area contributed by atoms with Crippen molar-refractivity contribution in [2.75, 3.05) is 17.7 Å². The fraction of sp³-hybridized carbons (Fsp3) is 0.0435. The second-order valence-electron chi connectivity index (χ2n) is 7.24. The number of aromatic hydroxyl groups is 3. The summed E-state index contributed by atoms with van der Waals surface area (Å²) in [6.45, 7) is 0. The fourth-order valence-electron chi connectivity index (χ4n) is 3.38. The molecule has 0 amide bonds. The molecule has 0 aliphatic carbocycles. The molecule has 185 valence electrons. The van der Waals surface area contributed by atoms with Crippen LogP contribution in [-0.4, -0.2) is 35.3 Å². The Morgan fingerprint density at radius 2 is 1.54 bits per heavy atom. The number of hydrogen-bond acceptors (Lipinski definition) is 9. The maximum atomic E-state index is 11.5. The number of anilines is 3. The first kappa shape index (κ1) is 25.8. The minimum atomic E-state index is -4.51. The van der Waals surface area contributed by atoms with Crippen LogP contribution < -0.4 is 10.6 Å².